The van der Waals surface area contributed by atoms with Gasteiger partial charge in [-0.25, -0.2) is 18.6 Å². The summed E-state index contributed by atoms with van der Waals surface area (Å²) in [5.74, 6) is -1.16. The Labute approximate surface area is 242 Å². The molecule has 0 unspecified atom stereocenters. The first kappa shape index (κ1) is 29.1. The summed E-state index contributed by atoms with van der Waals surface area (Å²) in [6.45, 7) is 8.14. The molecule has 0 atom stereocenters. The third-order valence-electron chi connectivity index (χ3n) is 6.88. The van der Waals surface area contributed by atoms with Gasteiger partial charge in [0.15, 0.2) is 17.1 Å². The Kier molecular flexibility index (Phi) is 7.23. The number of benzene rings is 1. The van der Waals surface area contributed by atoms with E-state index in [-0.39, 0.29) is 6.54 Å². The quantitative estimate of drug-likeness (QED) is 0.294. The van der Waals surface area contributed by atoms with Gasteiger partial charge in [-0.1, -0.05) is 6.07 Å². The van der Waals surface area contributed by atoms with E-state index >= 15 is 0 Å². The topological polar surface area (TPSA) is 99.2 Å². The zero-order valence-corrected chi connectivity index (χ0v) is 25.0. The number of halogens is 2. The number of aryl methyl sites for hydroxylation is 3. The Morgan fingerprint density at radius 1 is 1.05 bits per heavy atom. The van der Waals surface area contributed by atoms with E-state index < -0.39 is 30.7 Å². The normalized spacial score (nSPS) is 14.6. The van der Waals surface area contributed by atoms with Crippen molar-refractivity contribution in [2.45, 2.75) is 52.7 Å². The fourth-order valence-corrected chi connectivity index (χ4v) is 4.98. The molecule has 224 valence electrons. The SMILES string of the molecule is COc1ccc(-c2c(C)nn3c(N(Cc4cc(C)nn4C)C(=O)OC(C)(C)C)cc(N4CC(F)(F)C4)nc23)cc1OC. The van der Waals surface area contributed by atoms with Crippen LogP contribution in [0.3, 0.4) is 0 Å². The molecular formula is C29H35F2N7O4. The highest BCUT2D eigenvalue weighted by molar-refractivity contribution is 5.90. The standard InChI is InChI=1S/C29H35F2N7O4/c1-17-11-20(35(6)33-17)14-37(27(39)42-28(3,4)5)24-13-23(36-15-29(30,31)16-36)32-26-25(18(2)34-38(24)26)19-9-10-21(40-7)22(12-19)41-8/h9-13H,14-16H2,1-8H3. The molecule has 0 radical (unpaired) electrons. The predicted octanol–water partition coefficient (Wildman–Crippen LogP) is 5.16. The van der Waals surface area contributed by atoms with Crippen molar-refractivity contribution in [3.05, 3.63) is 47.4 Å². The largest absolute Gasteiger partial charge is 0.493 e. The average molecular weight is 584 g/mol. The third-order valence-corrected chi connectivity index (χ3v) is 6.88. The lowest BCUT2D eigenvalue weighted by Crippen LogP contribution is -2.56. The van der Waals surface area contributed by atoms with Crippen molar-refractivity contribution in [1.29, 1.82) is 0 Å². The second-order valence-corrected chi connectivity index (χ2v) is 11.4. The van der Waals surface area contributed by atoms with E-state index in [0.717, 1.165) is 17.0 Å². The molecule has 4 heterocycles. The van der Waals surface area contributed by atoms with Crippen molar-refractivity contribution < 1.29 is 27.8 Å². The Hall–Kier alpha value is -4.42. The van der Waals surface area contributed by atoms with Gasteiger partial charge in [0.2, 0.25) is 0 Å². The van der Waals surface area contributed by atoms with Crippen LogP contribution in [0, 0.1) is 13.8 Å². The summed E-state index contributed by atoms with van der Waals surface area (Å²) in [5, 5.41) is 9.19. The van der Waals surface area contributed by atoms with E-state index in [2.05, 4.69) is 5.10 Å². The first-order valence-electron chi connectivity index (χ1n) is 13.5. The van der Waals surface area contributed by atoms with Gasteiger partial charge < -0.3 is 19.1 Å². The first-order chi connectivity index (χ1) is 19.7. The molecule has 0 N–H and O–H groups in total. The van der Waals surface area contributed by atoms with Crippen molar-refractivity contribution in [2.75, 3.05) is 37.1 Å². The van der Waals surface area contributed by atoms with Crippen LogP contribution >= 0.6 is 0 Å². The van der Waals surface area contributed by atoms with Crippen molar-refractivity contribution in [2.24, 2.45) is 7.05 Å². The summed E-state index contributed by atoms with van der Waals surface area (Å²) in [5.41, 5.74) is 3.12. The number of carbonyl (C=O) groups is 1. The summed E-state index contributed by atoms with van der Waals surface area (Å²) in [4.78, 5) is 21.5. The number of fused-ring (bicyclic) bond motifs is 1. The highest BCUT2D eigenvalue weighted by atomic mass is 19.3. The van der Waals surface area contributed by atoms with Crippen molar-refractivity contribution >= 4 is 23.4 Å². The minimum atomic E-state index is -2.83. The number of methoxy groups -OCH3 is 2. The number of hydrogen-bond acceptors (Lipinski definition) is 8. The fourth-order valence-electron chi connectivity index (χ4n) is 4.98. The Morgan fingerprint density at radius 3 is 2.31 bits per heavy atom. The first-order valence-corrected chi connectivity index (χ1v) is 13.5. The molecule has 1 amide bonds. The van der Waals surface area contributed by atoms with Gasteiger partial charge in [0.25, 0.3) is 5.92 Å². The van der Waals surface area contributed by atoms with Crippen molar-refractivity contribution in [3.63, 3.8) is 0 Å². The van der Waals surface area contributed by atoms with Crippen molar-refractivity contribution in [1.82, 2.24) is 24.4 Å². The monoisotopic (exact) mass is 583 g/mol. The maximum atomic E-state index is 14.0. The number of anilines is 2. The maximum Gasteiger partial charge on any atom is 0.416 e. The lowest BCUT2D eigenvalue weighted by atomic mass is 10.1. The molecule has 4 aromatic rings. The minimum Gasteiger partial charge on any atom is -0.493 e. The molecule has 0 bridgehead atoms. The van der Waals surface area contributed by atoms with Gasteiger partial charge in [-0.3, -0.25) is 9.58 Å². The van der Waals surface area contributed by atoms with Gasteiger partial charge in [0.1, 0.15) is 17.2 Å². The molecule has 0 spiro atoms. The summed E-state index contributed by atoms with van der Waals surface area (Å²) in [7, 11) is 4.89. The Bertz CT molecular complexity index is 1650. The van der Waals surface area contributed by atoms with Gasteiger partial charge >= 0.3 is 6.09 Å². The molecule has 1 aliphatic rings. The van der Waals surface area contributed by atoms with E-state index in [4.69, 9.17) is 24.3 Å². The van der Waals surface area contributed by atoms with Crippen LogP contribution in [0.5, 0.6) is 11.5 Å². The average Bonchev–Trinajstić information content (AvgIpc) is 3.40. The number of nitrogens with zero attached hydrogens (tertiary/aromatic N) is 7. The second-order valence-electron chi connectivity index (χ2n) is 11.4. The summed E-state index contributed by atoms with van der Waals surface area (Å²) >= 11 is 0. The van der Waals surface area contributed by atoms with Crippen LogP contribution in [0.15, 0.2) is 30.3 Å². The van der Waals surface area contributed by atoms with Crippen LogP contribution in [-0.4, -0.2) is 69.3 Å². The highest BCUT2D eigenvalue weighted by Gasteiger charge is 2.45. The fraction of sp³-hybridized carbons (Fsp3) is 0.448. The van der Waals surface area contributed by atoms with Crippen LogP contribution in [0.25, 0.3) is 16.8 Å². The van der Waals surface area contributed by atoms with Gasteiger partial charge in [-0.2, -0.15) is 14.7 Å². The molecule has 0 saturated carbocycles. The van der Waals surface area contributed by atoms with Crippen LogP contribution in [-0.2, 0) is 18.3 Å². The molecule has 1 aliphatic heterocycles. The van der Waals surface area contributed by atoms with E-state index in [1.54, 1.807) is 69.4 Å². The molecule has 1 saturated heterocycles. The number of rotatable bonds is 7. The molecule has 0 aliphatic carbocycles. The molecule has 11 nitrogen and oxygen atoms in total. The zero-order chi connectivity index (χ0) is 30.6. The lowest BCUT2D eigenvalue weighted by molar-refractivity contribution is -0.0267. The zero-order valence-electron chi connectivity index (χ0n) is 25.0. The smallest absolute Gasteiger partial charge is 0.416 e. The number of aromatic nitrogens is 5. The molecule has 5 rings (SSSR count). The van der Waals surface area contributed by atoms with Crippen molar-refractivity contribution in [3.8, 4) is 22.6 Å². The lowest BCUT2D eigenvalue weighted by Gasteiger charge is -2.40. The number of hydrogen-bond donors (Lipinski definition) is 0. The Balaban J connectivity index is 1.74. The van der Waals surface area contributed by atoms with Crippen LogP contribution < -0.4 is 19.3 Å². The van der Waals surface area contributed by atoms with E-state index in [9.17, 15) is 13.6 Å². The highest BCUT2D eigenvalue weighted by Crippen LogP contribution is 2.39. The number of ether oxygens (including phenoxy) is 3. The van der Waals surface area contributed by atoms with Gasteiger partial charge in [-0.15, -0.1) is 0 Å². The van der Waals surface area contributed by atoms with E-state index in [1.807, 2.05) is 26.0 Å². The summed E-state index contributed by atoms with van der Waals surface area (Å²) in [6, 6.07) is 8.89. The van der Waals surface area contributed by atoms with Gasteiger partial charge in [0.05, 0.1) is 50.9 Å². The summed E-state index contributed by atoms with van der Waals surface area (Å²) in [6.07, 6.45) is -0.630. The van der Waals surface area contributed by atoms with Gasteiger partial charge in [-0.05, 0) is 58.4 Å². The van der Waals surface area contributed by atoms with Gasteiger partial charge in [0, 0.05) is 18.7 Å². The minimum absolute atomic E-state index is 0.0889. The maximum absolute atomic E-state index is 14.0. The molecule has 1 fully saturated rings. The number of carbonyl (C=O) groups excluding carboxylic acids is 1. The molecular weight excluding hydrogens is 548 g/mol. The van der Waals surface area contributed by atoms with Crippen LogP contribution in [0.2, 0.25) is 0 Å². The second kappa shape index (κ2) is 10.4. The van der Waals surface area contributed by atoms with Crippen LogP contribution in [0.1, 0.15) is 37.9 Å². The summed E-state index contributed by atoms with van der Waals surface area (Å²) < 4.78 is 47.9. The third kappa shape index (κ3) is 5.55. The molecule has 3 aromatic heterocycles. The van der Waals surface area contributed by atoms with Crippen LogP contribution in [0.4, 0.5) is 25.2 Å². The molecule has 13 heteroatoms. The molecule has 42 heavy (non-hydrogen) atoms. The molecule has 1 aromatic carbocycles. The van der Waals surface area contributed by atoms with E-state index in [1.165, 1.54) is 9.80 Å². The predicted molar refractivity (Wildman–Crippen MR) is 154 cm³/mol. The van der Waals surface area contributed by atoms with E-state index in [0.29, 0.717) is 40.0 Å². The number of alkyl halides is 2. The Morgan fingerprint density at radius 2 is 1.74 bits per heavy atom. The number of amides is 1.